The molecule has 0 spiro atoms. The summed E-state index contributed by atoms with van der Waals surface area (Å²) < 4.78 is 14.9. The molecule has 1 N–H and O–H groups in total. The first-order chi connectivity index (χ1) is 9.47. The number of nitrogens with one attached hydrogen (secondary N) is 1. The van der Waals surface area contributed by atoms with E-state index in [1.54, 1.807) is 24.0 Å². The molecule has 0 fully saturated rings. The van der Waals surface area contributed by atoms with E-state index in [0.29, 0.717) is 12.1 Å². The number of benzene rings is 1. The molecular weight excluding hydrogens is 257 g/mol. The predicted octanol–water partition coefficient (Wildman–Crippen LogP) is 2.61. The second kappa shape index (κ2) is 5.86. The Kier molecular flexibility index (Phi) is 4.17. The predicted molar refractivity (Wildman–Crippen MR) is 74.9 cm³/mol. The molecule has 2 rings (SSSR count). The van der Waals surface area contributed by atoms with Crippen LogP contribution in [0.4, 0.5) is 4.39 Å². The van der Waals surface area contributed by atoms with Crippen LogP contribution in [0.3, 0.4) is 0 Å². The normalized spacial score (nSPS) is 10.8. The maximum Gasteiger partial charge on any atom is 0.254 e. The Balaban J connectivity index is 2.10. The molecule has 0 saturated carbocycles. The Morgan fingerprint density at radius 2 is 2.20 bits per heavy atom. The van der Waals surface area contributed by atoms with Crippen LogP contribution in [0.1, 0.15) is 41.3 Å². The Labute approximate surface area is 117 Å². The number of hydrogen-bond donors (Lipinski definition) is 1. The molecule has 0 unspecified atom stereocenters. The van der Waals surface area contributed by atoms with Crippen LogP contribution in [0.25, 0.3) is 0 Å². The van der Waals surface area contributed by atoms with Crippen LogP contribution in [0.2, 0.25) is 0 Å². The van der Waals surface area contributed by atoms with Crippen molar-refractivity contribution in [2.45, 2.75) is 26.3 Å². The van der Waals surface area contributed by atoms with Gasteiger partial charge < -0.3 is 5.32 Å². The molecule has 0 aliphatic rings. The Hall–Kier alpha value is -2.17. The highest BCUT2D eigenvalue weighted by atomic mass is 19.1. The van der Waals surface area contributed by atoms with E-state index in [2.05, 4.69) is 10.4 Å². The van der Waals surface area contributed by atoms with Gasteiger partial charge >= 0.3 is 0 Å². The summed E-state index contributed by atoms with van der Waals surface area (Å²) in [6.45, 7) is 4.39. The fraction of sp³-hybridized carbons (Fsp3) is 0.333. The average molecular weight is 275 g/mol. The van der Waals surface area contributed by atoms with E-state index in [-0.39, 0.29) is 17.6 Å². The van der Waals surface area contributed by atoms with Crippen molar-refractivity contribution in [3.05, 3.63) is 53.1 Å². The number of halogens is 1. The Bertz CT molecular complexity index is 619. The van der Waals surface area contributed by atoms with Crippen LogP contribution in [-0.2, 0) is 13.6 Å². The minimum Gasteiger partial charge on any atom is -0.348 e. The number of aromatic nitrogens is 2. The molecule has 2 aromatic rings. The lowest BCUT2D eigenvalue weighted by Crippen LogP contribution is -2.23. The van der Waals surface area contributed by atoms with E-state index in [1.165, 1.54) is 18.3 Å². The molecule has 4 nitrogen and oxygen atoms in total. The van der Waals surface area contributed by atoms with E-state index in [4.69, 9.17) is 0 Å². The highest BCUT2D eigenvalue weighted by Crippen LogP contribution is 2.20. The first-order valence-electron chi connectivity index (χ1n) is 6.52. The van der Waals surface area contributed by atoms with E-state index in [9.17, 15) is 9.18 Å². The second-order valence-electron chi connectivity index (χ2n) is 5.08. The molecule has 5 heteroatoms. The van der Waals surface area contributed by atoms with Crippen LogP contribution < -0.4 is 5.32 Å². The molecule has 1 heterocycles. The van der Waals surface area contributed by atoms with Crippen molar-refractivity contribution >= 4 is 5.91 Å². The first kappa shape index (κ1) is 14.2. The molecular formula is C15H18FN3O. The van der Waals surface area contributed by atoms with E-state index in [0.717, 1.165) is 11.1 Å². The molecule has 1 aromatic carbocycles. The standard InChI is InChI=1S/C15H18FN3O/c1-10(2)14-5-4-13(16)6-11(14)7-17-15(20)12-8-18-19(3)9-12/h4-6,8-10H,7H2,1-3H3,(H,17,20). The molecule has 0 aliphatic heterocycles. The lowest BCUT2D eigenvalue weighted by Gasteiger charge is -2.13. The first-order valence-corrected chi connectivity index (χ1v) is 6.52. The smallest absolute Gasteiger partial charge is 0.254 e. The second-order valence-corrected chi connectivity index (χ2v) is 5.08. The van der Waals surface area contributed by atoms with Crippen molar-refractivity contribution in [2.75, 3.05) is 0 Å². The van der Waals surface area contributed by atoms with Gasteiger partial charge in [-0.05, 0) is 29.2 Å². The van der Waals surface area contributed by atoms with Crippen molar-refractivity contribution in [3.8, 4) is 0 Å². The third-order valence-electron chi connectivity index (χ3n) is 3.13. The molecule has 0 atom stereocenters. The quantitative estimate of drug-likeness (QED) is 0.932. The monoisotopic (exact) mass is 275 g/mol. The molecule has 0 aliphatic carbocycles. The van der Waals surface area contributed by atoms with Crippen LogP contribution in [0.5, 0.6) is 0 Å². The van der Waals surface area contributed by atoms with Crippen LogP contribution >= 0.6 is 0 Å². The maximum absolute atomic E-state index is 13.3. The fourth-order valence-corrected chi connectivity index (χ4v) is 2.11. The maximum atomic E-state index is 13.3. The number of amides is 1. The third-order valence-corrected chi connectivity index (χ3v) is 3.13. The topological polar surface area (TPSA) is 46.9 Å². The van der Waals surface area contributed by atoms with Crippen LogP contribution in [0.15, 0.2) is 30.6 Å². The minimum absolute atomic E-state index is 0.211. The van der Waals surface area contributed by atoms with Gasteiger partial charge in [-0.15, -0.1) is 0 Å². The average Bonchev–Trinajstić information content (AvgIpc) is 2.82. The summed E-state index contributed by atoms with van der Waals surface area (Å²) in [6.07, 6.45) is 3.15. The van der Waals surface area contributed by atoms with Gasteiger partial charge in [0.15, 0.2) is 0 Å². The molecule has 0 bridgehead atoms. The van der Waals surface area contributed by atoms with E-state index < -0.39 is 0 Å². The third kappa shape index (κ3) is 3.23. The van der Waals surface area contributed by atoms with Crippen molar-refractivity contribution in [2.24, 2.45) is 7.05 Å². The molecule has 0 radical (unpaired) electrons. The minimum atomic E-state index is -0.292. The van der Waals surface area contributed by atoms with Gasteiger partial charge in [-0.3, -0.25) is 9.48 Å². The molecule has 0 saturated heterocycles. The Morgan fingerprint density at radius 1 is 1.45 bits per heavy atom. The highest BCUT2D eigenvalue weighted by Gasteiger charge is 2.11. The molecule has 1 amide bonds. The highest BCUT2D eigenvalue weighted by molar-refractivity contribution is 5.93. The summed E-state index contributed by atoms with van der Waals surface area (Å²) in [5.74, 6) is -0.224. The van der Waals surface area contributed by atoms with Gasteiger partial charge in [0.25, 0.3) is 5.91 Å². The summed E-state index contributed by atoms with van der Waals surface area (Å²) in [5.41, 5.74) is 2.34. The van der Waals surface area contributed by atoms with Gasteiger partial charge in [0.2, 0.25) is 0 Å². The number of hydrogen-bond acceptors (Lipinski definition) is 2. The number of aryl methyl sites for hydroxylation is 1. The molecule has 106 valence electrons. The largest absolute Gasteiger partial charge is 0.348 e. The lowest BCUT2D eigenvalue weighted by molar-refractivity contribution is 0.0950. The van der Waals surface area contributed by atoms with Gasteiger partial charge in [-0.25, -0.2) is 4.39 Å². The summed E-state index contributed by atoms with van der Waals surface area (Å²) in [7, 11) is 1.75. The summed E-state index contributed by atoms with van der Waals surface area (Å²) in [4.78, 5) is 11.9. The molecule has 20 heavy (non-hydrogen) atoms. The van der Waals surface area contributed by atoms with Gasteiger partial charge in [0.1, 0.15) is 5.82 Å². The van der Waals surface area contributed by atoms with Crippen LogP contribution in [0, 0.1) is 5.82 Å². The Morgan fingerprint density at radius 3 is 2.80 bits per heavy atom. The number of carbonyl (C=O) groups excluding carboxylic acids is 1. The summed E-state index contributed by atoms with van der Waals surface area (Å²) >= 11 is 0. The van der Waals surface area contributed by atoms with Crippen molar-refractivity contribution in [1.29, 1.82) is 0 Å². The zero-order chi connectivity index (χ0) is 14.7. The van der Waals surface area contributed by atoms with Crippen molar-refractivity contribution in [1.82, 2.24) is 15.1 Å². The van der Waals surface area contributed by atoms with Gasteiger partial charge in [0, 0.05) is 19.8 Å². The SMILES string of the molecule is CC(C)c1ccc(F)cc1CNC(=O)c1cnn(C)c1. The number of nitrogens with zero attached hydrogens (tertiary/aromatic N) is 2. The van der Waals surface area contributed by atoms with Gasteiger partial charge in [-0.1, -0.05) is 19.9 Å². The zero-order valence-corrected chi connectivity index (χ0v) is 11.9. The van der Waals surface area contributed by atoms with Gasteiger partial charge in [0.05, 0.1) is 11.8 Å². The van der Waals surface area contributed by atoms with Crippen LogP contribution in [-0.4, -0.2) is 15.7 Å². The van der Waals surface area contributed by atoms with E-state index >= 15 is 0 Å². The zero-order valence-electron chi connectivity index (χ0n) is 11.9. The molecule has 1 aromatic heterocycles. The van der Waals surface area contributed by atoms with Crippen molar-refractivity contribution in [3.63, 3.8) is 0 Å². The van der Waals surface area contributed by atoms with E-state index in [1.807, 2.05) is 13.8 Å². The summed E-state index contributed by atoms with van der Waals surface area (Å²) in [6, 6.07) is 4.69. The van der Waals surface area contributed by atoms with Gasteiger partial charge in [-0.2, -0.15) is 5.10 Å². The lowest BCUT2D eigenvalue weighted by atomic mass is 9.97. The summed E-state index contributed by atoms with van der Waals surface area (Å²) in [5, 5.41) is 6.74. The fourth-order valence-electron chi connectivity index (χ4n) is 2.11. The number of carbonyl (C=O) groups is 1. The van der Waals surface area contributed by atoms with Crippen molar-refractivity contribution < 1.29 is 9.18 Å². The number of rotatable bonds is 4.